The average molecular weight is 585 g/mol. The second kappa shape index (κ2) is 12.5. The number of nitrogens with zero attached hydrogens (tertiary/aromatic N) is 6. The fourth-order valence-corrected chi connectivity index (χ4v) is 6.52. The second-order valence-corrected chi connectivity index (χ2v) is 12.1. The maximum atomic E-state index is 13.9. The molecule has 2 aromatic carbocycles. The summed E-state index contributed by atoms with van der Waals surface area (Å²) >= 11 is 0. The first-order valence-electron chi connectivity index (χ1n) is 15.2. The van der Waals surface area contributed by atoms with Crippen LogP contribution in [0.25, 0.3) is 22.3 Å². The van der Waals surface area contributed by atoms with Gasteiger partial charge in [0.25, 0.3) is 0 Å². The van der Waals surface area contributed by atoms with Gasteiger partial charge in [-0.15, -0.1) is 5.10 Å². The van der Waals surface area contributed by atoms with Gasteiger partial charge in [-0.3, -0.25) is 19.7 Å². The molecule has 2 aromatic heterocycles. The molecule has 0 aliphatic carbocycles. The van der Waals surface area contributed by atoms with E-state index in [2.05, 4.69) is 45.3 Å². The SMILES string of the molecule is CN(C)C1CCN(C(=O)C(CC(=O)N2CCC(n3nc(-c4ccccc4)[nH]c3=O)CC2)Cc2ccc3[nH]ncc3c2)CC1. The number of likely N-dealkylation sites (tertiary alicyclic amines) is 2. The Kier molecular flexibility index (Phi) is 8.42. The van der Waals surface area contributed by atoms with Crippen molar-refractivity contribution in [3.8, 4) is 11.4 Å². The minimum absolute atomic E-state index is 0.0104. The number of hydrogen-bond acceptors (Lipinski definition) is 6. The summed E-state index contributed by atoms with van der Waals surface area (Å²) in [4.78, 5) is 49.1. The molecule has 2 amide bonds. The standard InChI is InChI=1S/C32H40N8O3/c1-37(2)26-10-16-39(17-11-26)31(42)24(18-22-8-9-28-25(19-22)21-33-35-28)20-29(41)38-14-12-27(13-15-38)40-32(43)34-30(36-40)23-6-4-3-5-7-23/h3-9,19,21,24,26-27H,10-18,20H2,1-2H3,(H,33,35)(H,34,36,43). The third-order valence-electron chi connectivity index (χ3n) is 9.11. The number of aromatic amines is 2. The van der Waals surface area contributed by atoms with Gasteiger partial charge < -0.3 is 14.7 Å². The van der Waals surface area contributed by atoms with E-state index in [1.165, 1.54) is 4.68 Å². The summed E-state index contributed by atoms with van der Waals surface area (Å²) in [6, 6.07) is 16.0. The number of fused-ring (bicyclic) bond motifs is 1. The molecular weight excluding hydrogens is 544 g/mol. The van der Waals surface area contributed by atoms with Crippen molar-refractivity contribution < 1.29 is 9.59 Å². The fraction of sp³-hybridized carbons (Fsp3) is 0.469. The zero-order valence-electron chi connectivity index (χ0n) is 24.9. The largest absolute Gasteiger partial charge is 0.343 e. The molecular formula is C32H40N8O3. The van der Waals surface area contributed by atoms with E-state index in [4.69, 9.17) is 0 Å². The molecule has 11 heteroatoms. The smallest absolute Gasteiger partial charge is 0.343 e. The lowest BCUT2D eigenvalue weighted by atomic mass is 9.91. The summed E-state index contributed by atoms with van der Waals surface area (Å²) in [5.74, 6) is 0.162. The van der Waals surface area contributed by atoms with Crippen molar-refractivity contribution in [1.29, 1.82) is 0 Å². The van der Waals surface area contributed by atoms with Crippen molar-refractivity contribution in [1.82, 2.24) is 39.7 Å². The third kappa shape index (κ3) is 6.41. The molecule has 1 unspecified atom stereocenters. The van der Waals surface area contributed by atoms with Gasteiger partial charge in [-0.2, -0.15) is 5.10 Å². The van der Waals surface area contributed by atoms with E-state index < -0.39 is 5.92 Å². The Balaban J connectivity index is 1.12. The molecule has 11 nitrogen and oxygen atoms in total. The van der Waals surface area contributed by atoms with Crippen LogP contribution in [0.5, 0.6) is 0 Å². The van der Waals surface area contributed by atoms with Gasteiger partial charge in [-0.05, 0) is 63.9 Å². The Morgan fingerprint density at radius 1 is 0.977 bits per heavy atom. The summed E-state index contributed by atoms with van der Waals surface area (Å²) < 4.78 is 1.53. The predicted octanol–water partition coefficient (Wildman–Crippen LogP) is 3.08. The molecule has 2 fully saturated rings. The molecule has 2 N–H and O–H groups in total. The zero-order valence-corrected chi connectivity index (χ0v) is 24.9. The number of nitrogens with one attached hydrogen (secondary N) is 2. The minimum atomic E-state index is -0.437. The van der Waals surface area contributed by atoms with Crippen LogP contribution in [0.1, 0.15) is 43.7 Å². The first-order valence-corrected chi connectivity index (χ1v) is 15.2. The molecule has 2 aliphatic rings. The van der Waals surface area contributed by atoms with E-state index in [1.54, 1.807) is 6.20 Å². The molecule has 4 aromatic rings. The summed E-state index contributed by atoms with van der Waals surface area (Å²) in [5.41, 5.74) is 2.60. The van der Waals surface area contributed by atoms with Crippen molar-refractivity contribution >= 4 is 22.7 Å². The van der Waals surface area contributed by atoms with E-state index in [0.717, 1.165) is 34.9 Å². The predicted molar refractivity (Wildman–Crippen MR) is 164 cm³/mol. The number of rotatable bonds is 8. The minimum Gasteiger partial charge on any atom is -0.343 e. The summed E-state index contributed by atoms with van der Waals surface area (Å²) in [7, 11) is 4.17. The van der Waals surface area contributed by atoms with Crippen LogP contribution in [-0.4, -0.2) is 97.8 Å². The number of hydrogen-bond donors (Lipinski definition) is 2. The third-order valence-corrected chi connectivity index (χ3v) is 9.11. The molecule has 4 heterocycles. The zero-order chi connectivity index (χ0) is 29.9. The van der Waals surface area contributed by atoms with Crippen LogP contribution in [0.15, 0.2) is 59.5 Å². The van der Waals surface area contributed by atoms with Crippen molar-refractivity contribution in [3.63, 3.8) is 0 Å². The van der Waals surface area contributed by atoms with Gasteiger partial charge in [0.05, 0.1) is 23.7 Å². The highest BCUT2D eigenvalue weighted by molar-refractivity contribution is 5.86. The van der Waals surface area contributed by atoms with Gasteiger partial charge >= 0.3 is 5.69 Å². The molecule has 2 aliphatic heterocycles. The van der Waals surface area contributed by atoms with Crippen LogP contribution in [-0.2, 0) is 16.0 Å². The lowest BCUT2D eigenvalue weighted by Crippen LogP contribution is -2.48. The van der Waals surface area contributed by atoms with Crippen LogP contribution in [0, 0.1) is 5.92 Å². The van der Waals surface area contributed by atoms with Crippen LogP contribution in [0.4, 0.5) is 0 Å². The van der Waals surface area contributed by atoms with Gasteiger partial charge in [-0.25, -0.2) is 9.48 Å². The number of aromatic nitrogens is 5. The highest BCUT2D eigenvalue weighted by Crippen LogP contribution is 2.26. The lowest BCUT2D eigenvalue weighted by Gasteiger charge is -2.37. The average Bonchev–Trinajstić information content (AvgIpc) is 3.67. The molecule has 2 saturated heterocycles. The van der Waals surface area contributed by atoms with Crippen molar-refractivity contribution in [2.45, 2.75) is 50.6 Å². The maximum absolute atomic E-state index is 13.9. The van der Waals surface area contributed by atoms with E-state index in [9.17, 15) is 14.4 Å². The van der Waals surface area contributed by atoms with Gasteiger partial charge in [0.15, 0.2) is 5.82 Å². The number of amides is 2. The van der Waals surface area contributed by atoms with E-state index in [1.807, 2.05) is 52.3 Å². The molecule has 1 atom stereocenters. The monoisotopic (exact) mass is 584 g/mol. The molecule has 0 bridgehead atoms. The molecule has 226 valence electrons. The van der Waals surface area contributed by atoms with Crippen molar-refractivity contribution in [2.75, 3.05) is 40.3 Å². The molecule has 6 rings (SSSR count). The van der Waals surface area contributed by atoms with Gasteiger partial charge in [0, 0.05) is 49.6 Å². The van der Waals surface area contributed by atoms with E-state index in [0.29, 0.717) is 57.3 Å². The molecule has 43 heavy (non-hydrogen) atoms. The lowest BCUT2D eigenvalue weighted by molar-refractivity contribution is -0.142. The highest BCUT2D eigenvalue weighted by Gasteiger charge is 2.33. The van der Waals surface area contributed by atoms with E-state index in [-0.39, 0.29) is 30.0 Å². The Morgan fingerprint density at radius 3 is 2.42 bits per heavy atom. The maximum Gasteiger partial charge on any atom is 0.343 e. The fourth-order valence-electron chi connectivity index (χ4n) is 6.52. The number of piperidine rings is 2. The summed E-state index contributed by atoms with van der Waals surface area (Å²) in [5, 5.41) is 12.6. The Labute approximate surface area is 250 Å². The Morgan fingerprint density at radius 2 is 1.70 bits per heavy atom. The van der Waals surface area contributed by atoms with Crippen LogP contribution in [0.2, 0.25) is 0 Å². The topological polar surface area (TPSA) is 123 Å². The van der Waals surface area contributed by atoms with E-state index >= 15 is 0 Å². The summed E-state index contributed by atoms with van der Waals surface area (Å²) in [6.45, 7) is 2.48. The van der Waals surface area contributed by atoms with Gasteiger partial charge in [0.1, 0.15) is 0 Å². The highest BCUT2D eigenvalue weighted by atomic mass is 16.2. The number of benzene rings is 2. The Bertz CT molecular complexity index is 1610. The first kappa shape index (κ1) is 28.9. The molecule has 0 saturated carbocycles. The number of H-pyrrole nitrogens is 2. The van der Waals surface area contributed by atoms with Crippen LogP contribution < -0.4 is 5.69 Å². The number of carbonyl (C=O) groups excluding carboxylic acids is 2. The number of carbonyl (C=O) groups is 2. The molecule has 0 spiro atoms. The van der Waals surface area contributed by atoms with Crippen molar-refractivity contribution in [2.24, 2.45) is 5.92 Å². The van der Waals surface area contributed by atoms with Crippen molar-refractivity contribution in [3.05, 3.63) is 70.8 Å². The normalized spacial score (nSPS) is 17.6. The van der Waals surface area contributed by atoms with Gasteiger partial charge in [0.2, 0.25) is 11.8 Å². The second-order valence-electron chi connectivity index (χ2n) is 12.1. The van der Waals surface area contributed by atoms with Gasteiger partial charge in [-0.1, -0.05) is 36.4 Å². The van der Waals surface area contributed by atoms with Crippen LogP contribution >= 0.6 is 0 Å². The quantitative estimate of drug-likeness (QED) is 0.328. The first-order chi connectivity index (χ1) is 20.9. The molecule has 0 radical (unpaired) electrons. The van der Waals surface area contributed by atoms with Crippen LogP contribution in [0.3, 0.4) is 0 Å². The Hall–Kier alpha value is -4.25. The summed E-state index contributed by atoms with van der Waals surface area (Å²) in [6.07, 6.45) is 5.60.